The van der Waals surface area contributed by atoms with Crippen molar-refractivity contribution in [2.24, 2.45) is 11.5 Å². The standard InChI is InChI=1S/C21H33N5O7/c1-12(27)18(21(33)24-11-17(29)30)26-20(32)16(4-2-3-9-22)25-19(31)15(23)10-13-5-7-14(28)8-6-13/h5-8,12,15-16,18,27-28H,2-4,9-11,22-23H2,1H3,(H,24,33)(H,25,31)(H,26,32)(H,29,30). The lowest BCUT2D eigenvalue weighted by atomic mass is 10.0. The minimum atomic E-state index is -1.42. The molecule has 1 rings (SSSR count). The summed E-state index contributed by atoms with van der Waals surface area (Å²) >= 11 is 0. The second kappa shape index (κ2) is 14.0. The summed E-state index contributed by atoms with van der Waals surface area (Å²) in [6.45, 7) is 0.970. The number of hydrogen-bond acceptors (Lipinski definition) is 8. The third-order valence-corrected chi connectivity index (χ3v) is 4.79. The lowest BCUT2D eigenvalue weighted by Crippen LogP contribution is -2.58. The van der Waals surface area contributed by atoms with Gasteiger partial charge in [0.05, 0.1) is 12.1 Å². The summed E-state index contributed by atoms with van der Waals surface area (Å²) in [4.78, 5) is 48.3. The maximum atomic E-state index is 12.8. The molecule has 0 saturated carbocycles. The first-order valence-corrected chi connectivity index (χ1v) is 10.6. The van der Waals surface area contributed by atoms with Crippen LogP contribution >= 0.6 is 0 Å². The number of nitrogens with two attached hydrogens (primary N) is 2. The van der Waals surface area contributed by atoms with Gasteiger partial charge in [0, 0.05) is 0 Å². The van der Waals surface area contributed by atoms with Gasteiger partial charge in [-0.2, -0.15) is 0 Å². The molecule has 4 unspecified atom stereocenters. The molecule has 3 amide bonds. The zero-order valence-electron chi connectivity index (χ0n) is 18.5. The molecule has 184 valence electrons. The highest BCUT2D eigenvalue weighted by atomic mass is 16.4. The van der Waals surface area contributed by atoms with Gasteiger partial charge in [-0.15, -0.1) is 0 Å². The Morgan fingerprint density at radius 1 is 1.00 bits per heavy atom. The SMILES string of the molecule is CC(O)C(NC(=O)C(CCCCN)NC(=O)C(N)Cc1ccc(O)cc1)C(=O)NCC(=O)O. The highest BCUT2D eigenvalue weighted by Crippen LogP contribution is 2.11. The third kappa shape index (κ3) is 10.3. The molecule has 0 saturated heterocycles. The van der Waals surface area contributed by atoms with Crippen LogP contribution in [0, 0.1) is 0 Å². The van der Waals surface area contributed by atoms with Crippen LogP contribution in [0.25, 0.3) is 0 Å². The topological polar surface area (TPSA) is 217 Å². The fraction of sp³-hybridized carbons (Fsp3) is 0.524. The van der Waals surface area contributed by atoms with Crippen molar-refractivity contribution in [3.05, 3.63) is 29.8 Å². The first kappa shape index (κ1) is 27.8. The number of nitrogens with one attached hydrogen (secondary N) is 3. The number of rotatable bonds is 14. The van der Waals surface area contributed by atoms with Crippen molar-refractivity contribution in [2.75, 3.05) is 13.1 Å². The Morgan fingerprint density at radius 3 is 2.18 bits per heavy atom. The lowest BCUT2D eigenvalue weighted by molar-refractivity contribution is -0.139. The molecule has 0 aliphatic carbocycles. The molecule has 0 aromatic heterocycles. The van der Waals surface area contributed by atoms with Crippen molar-refractivity contribution in [2.45, 2.75) is 56.8 Å². The summed E-state index contributed by atoms with van der Waals surface area (Å²) in [7, 11) is 0. The first-order chi connectivity index (χ1) is 15.5. The van der Waals surface area contributed by atoms with E-state index in [9.17, 15) is 29.4 Å². The van der Waals surface area contributed by atoms with Crippen LogP contribution in [0.4, 0.5) is 0 Å². The number of carbonyl (C=O) groups excluding carboxylic acids is 3. The van der Waals surface area contributed by atoms with Crippen molar-refractivity contribution in [3.8, 4) is 5.75 Å². The summed E-state index contributed by atoms with van der Waals surface area (Å²) in [5.41, 5.74) is 12.2. The number of carboxylic acid groups (broad SMARTS) is 1. The predicted molar refractivity (Wildman–Crippen MR) is 119 cm³/mol. The predicted octanol–water partition coefficient (Wildman–Crippen LogP) is -2.06. The highest BCUT2D eigenvalue weighted by molar-refractivity contribution is 5.94. The van der Waals surface area contributed by atoms with E-state index in [0.29, 0.717) is 24.9 Å². The minimum absolute atomic E-state index is 0.0773. The monoisotopic (exact) mass is 467 g/mol. The fourth-order valence-corrected chi connectivity index (χ4v) is 2.95. The number of carboxylic acids is 1. The van der Waals surface area contributed by atoms with E-state index in [1.807, 2.05) is 0 Å². The van der Waals surface area contributed by atoms with Crippen LogP contribution < -0.4 is 27.4 Å². The number of benzene rings is 1. The van der Waals surface area contributed by atoms with E-state index in [-0.39, 0.29) is 18.6 Å². The van der Waals surface area contributed by atoms with Crippen LogP contribution in [-0.2, 0) is 25.6 Å². The molecule has 1 aromatic rings. The average Bonchev–Trinajstić information content (AvgIpc) is 2.76. The molecule has 1 aromatic carbocycles. The number of carbonyl (C=O) groups is 4. The first-order valence-electron chi connectivity index (χ1n) is 10.6. The van der Waals surface area contributed by atoms with E-state index in [1.54, 1.807) is 12.1 Å². The Kier molecular flexibility index (Phi) is 11.8. The number of phenolic OH excluding ortho intramolecular Hbond substituents is 1. The van der Waals surface area contributed by atoms with Gasteiger partial charge in [0.2, 0.25) is 17.7 Å². The Labute approximate surface area is 191 Å². The maximum absolute atomic E-state index is 12.8. The van der Waals surface area contributed by atoms with E-state index >= 15 is 0 Å². The maximum Gasteiger partial charge on any atom is 0.322 e. The number of amides is 3. The number of phenols is 1. The third-order valence-electron chi connectivity index (χ3n) is 4.79. The molecule has 0 heterocycles. The Hall–Kier alpha value is -3.22. The highest BCUT2D eigenvalue weighted by Gasteiger charge is 2.30. The van der Waals surface area contributed by atoms with Crippen LogP contribution in [0.15, 0.2) is 24.3 Å². The van der Waals surface area contributed by atoms with Gasteiger partial charge in [-0.05, 0) is 56.8 Å². The van der Waals surface area contributed by atoms with E-state index < -0.39 is 54.5 Å². The normalized spacial score (nSPS) is 14.4. The van der Waals surface area contributed by atoms with E-state index in [0.717, 1.165) is 0 Å². The van der Waals surface area contributed by atoms with Gasteiger partial charge < -0.3 is 42.7 Å². The summed E-state index contributed by atoms with van der Waals surface area (Å²) in [6, 6.07) is 2.72. The van der Waals surface area contributed by atoms with Gasteiger partial charge in [-0.1, -0.05) is 12.1 Å². The lowest BCUT2D eigenvalue weighted by Gasteiger charge is -2.25. The molecule has 0 bridgehead atoms. The van der Waals surface area contributed by atoms with Crippen molar-refractivity contribution >= 4 is 23.7 Å². The van der Waals surface area contributed by atoms with Gasteiger partial charge in [0.25, 0.3) is 0 Å². The molecule has 0 spiro atoms. The number of aliphatic hydroxyl groups is 1. The smallest absolute Gasteiger partial charge is 0.322 e. The quantitative estimate of drug-likeness (QED) is 0.141. The zero-order chi connectivity index (χ0) is 25.0. The van der Waals surface area contributed by atoms with Gasteiger partial charge >= 0.3 is 5.97 Å². The summed E-state index contributed by atoms with van der Waals surface area (Å²) in [5, 5.41) is 35.0. The van der Waals surface area contributed by atoms with Crippen LogP contribution in [-0.4, -0.2) is 76.3 Å². The Balaban J connectivity index is 2.84. The summed E-state index contributed by atoms with van der Waals surface area (Å²) < 4.78 is 0. The summed E-state index contributed by atoms with van der Waals surface area (Å²) in [5.74, 6) is -3.41. The number of aliphatic hydroxyl groups excluding tert-OH is 1. The van der Waals surface area contributed by atoms with E-state index in [4.69, 9.17) is 16.6 Å². The summed E-state index contributed by atoms with van der Waals surface area (Å²) in [6.07, 6.45) is 0.159. The van der Waals surface area contributed by atoms with E-state index in [2.05, 4.69) is 16.0 Å². The molecule has 4 atom stereocenters. The van der Waals surface area contributed by atoms with Crippen molar-refractivity contribution in [3.63, 3.8) is 0 Å². The molecular formula is C21H33N5O7. The van der Waals surface area contributed by atoms with Crippen LogP contribution in [0.5, 0.6) is 5.75 Å². The van der Waals surface area contributed by atoms with Gasteiger partial charge in [-0.25, -0.2) is 0 Å². The number of aliphatic carboxylic acids is 1. The van der Waals surface area contributed by atoms with Crippen molar-refractivity contribution in [1.82, 2.24) is 16.0 Å². The zero-order valence-corrected chi connectivity index (χ0v) is 18.5. The van der Waals surface area contributed by atoms with Crippen LogP contribution in [0.1, 0.15) is 31.7 Å². The molecule has 0 radical (unpaired) electrons. The van der Waals surface area contributed by atoms with Gasteiger partial charge in [-0.3, -0.25) is 19.2 Å². The average molecular weight is 468 g/mol. The molecule has 10 N–H and O–H groups in total. The molecule has 12 nitrogen and oxygen atoms in total. The molecule has 0 fully saturated rings. The second-order valence-corrected chi connectivity index (χ2v) is 7.66. The molecule has 0 aliphatic heterocycles. The molecule has 0 aliphatic rings. The second-order valence-electron chi connectivity index (χ2n) is 7.66. The van der Waals surface area contributed by atoms with Gasteiger partial charge in [0.15, 0.2) is 0 Å². The largest absolute Gasteiger partial charge is 0.508 e. The molecule has 33 heavy (non-hydrogen) atoms. The van der Waals surface area contributed by atoms with Crippen molar-refractivity contribution in [1.29, 1.82) is 0 Å². The minimum Gasteiger partial charge on any atom is -0.508 e. The van der Waals surface area contributed by atoms with E-state index in [1.165, 1.54) is 19.1 Å². The fourth-order valence-electron chi connectivity index (χ4n) is 2.95. The molecular weight excluding hydrogens is 434 g/mol. The number of aromatic hydroxyl groups is 1. The Morgan fingerprint density at radius 2 is 1.64 bits per heavy atom. The Bertz CT molecular complexity index is 801. The van der Waals surface area contributed by atoms with Crippen LogP contribution in [0.2, 0.25) is 0 Å². The van der Waals surface area contributed by atoms with Crippen LogP contribution in [0.3, 0.4) is 0 Å². The van der Waals surface area contributed by atoms with Gasteiger partial charge in [0.1, 0.15) is 24.4 Å². The number of unbranched alkanes of at least 4 members (excludes halogenated alkanes) is 1. The van der Waals surface area contributed by atoms with Crippen molar-refractivity contribution < 1.29 is 34.5 Å². The molecule has 12 heteroatoms. The number of hydrogen-bond donors (Lipinski definition) is 8.